The Morgan fingerprint density at radius 1 is 1.35 bits per heavy atom. The molecule has 1 aromatic rings. The molecule has 0 bridgehead atoms. The molecule has 0 amide bonds. The molecule has 148 valence electrons. The second-order valence-electron chi connectivity index (χ2n) is 7.49. The van der Waals surface area contributed by atoms with Gasteiger partial charge >= 0.3 is 6.18 Å². The fourth-order valence-electron chi connectivity index (χ4n) is 3.14. The number of halogens is 3. The van der Waals surface area contributed by atoms with Crippen LogP contribution >= 0.6 is 11.3 Å². The minimum Gasteiger partial charge on any atom is -0.377 e. The van der Waals surface area contributed by atoms with Gasteiger partial charge in [-0.3, -0.25) is 4.99 Å². The Kier molecular flexibility index (Phi) is 6.90. The third kappa shape index (κ3) is 5.84. The highest BCUT2D eigenvalue weighted by Gasteiger charge is 2.35. The third-order valence-electron chi connectivity index (χ3n) is 4.30. The summed E-state index contributed by atoms with van der Waals surface area (Å²) in [6, 6.07) is 0. The Balaban J connectivity index is 1.86. The number of rotatable bonds is 4. The van der Waals surface area contributed by atoms with Crippen LogP contribution in [0.25, 0.3) is 0 Å². The zero-order valence-corrected chi connectivity index (χ0v) is 16.4. The van der Waals surface area contributed by atoms with Gasteiger partial charge in [-0.2, -0.15) is 13.2 Å². The lowest BCUT2D eigenvalue weighted by Crippen LogP contribution is -2.47. The van der Waals surface area contributed by atoms with Gasteiger partial charge < -0.3 is 15.4 Å². The highest BCUT2D eigenvalue weighted by atomic mass is 32.1. The summed E-state index contributed by atoms with van der Waals surface area (Å²) >= 11 is 0.982. The average molecular weight is 392 g/mol. The van der Waals surface area contributed by atoms with Gasteiger partial charge in [-0.25, -0.2) is 4.98 Å². The number of alkyl halides is 3. The largest absolute Gasteiger partial charge is 0.434 e. The molecule has 1 aliphatic rings. The van der Waals surface area contributed by atoms with E-state index in [0.29, 0.717) is 23.4 Å². The van der Waals surface area contributed by atoms with Crippen LogP contribution in [0.3, 0.4) is 0 Å². The summed E-state index contributed by atoms with van der Waals surface area (Å²) in [5.74, 6) is 0.908. The number of aromatic nitrogens is 1. The molecule has 1 aromatic heterocycles. The molecule has 0 aliphatic carbocycles. The Morgan fingerprint density at radius 3 is 2.65 bits per heavy atom. The number of guanidine groups is 1. The lowest BCUT2D eigenvalue weighted by Gasteiger charge is -2.40. The van der Waals surface area contributed by atoms with Crippen LogP contribution in [-0.4, -0.2) is 37.2 Å². The van der Waals surface area contributed by atoms with Crippen LogP contribution in [0.1, 0.15) is 44.3 Å². The zero-order valence-electron chi connectivity index (χ0n) is 15.6. The first-order chi connectivity index (χ1) is 12.1. The van der Waals surface area contributed by atoms with E-state index in [-0.39, 0.29) is 18.1 Å². The normalized spacial score (nSPS) is 22.3. The van der Waals surface area contributed by atoms with Gasteiger partial charge in [-0.05, 0) is 18.3 Å². The van der Waals surface area contributed by atoms with Crippen molar-refractivity contribution in [1.82, 2.24) is 15.6 Å². The second kappa shape index (κ2) is 8.56. The number of nitrogens with zero attached hydrogens (tertiary/aromatic N) is 2. The second-order valence-corrected chi connectivity index (χ2v) is 8.43. The Labute approximate surface area is 156 Å². The molecule has 0 spiro atoms. The van der Waals surface area contributed by atoms with Gasteiger partial charge in [0.25, 0.3) is 0 Å². The van der Waals surface area contributed by atoms with Crippen molar-refractivity contribution in [2.24, 2.45) is 16.3 Å². The lowest BCUT2D eigenvalue weighted by molar-refractivity contribution is -0.140. The maximum Gasteiger partial charge on any atom is 0.434 e. The van der Waals surface area contributed by atoms with E-state index in [1.165, 1.54) is 0 Å². The molecule has 0 aromatic carbocycles. The first-order valence-electron chi connectivity index (χ1n) is 8.69. The molecular weight excluding hydrogens is 365 g/mol. The zero-order chi connectivity index (χ0) is 19.4. The SMILES string of the molecule is CN=C(NCc1nc(C(F)(F)F)cs1)NCC1CCCOC1C(C)(C)C. The summed E-state index contributed by atoms with van der Waals surface area (Å²) in [7, 11) is 1.64. The molecule has 1 saturated heterocycles. The van der Waals surface area contributed by atoms with Crippen molar-refractivity contribution in [3.8, 4) is 0 Å². The Bertz CT molecular complexity index is 610. The van der Waals surface area contributed by atoms with Gasteiger partial charge in [0.2, 0.25) is 0 Å². The van der Waals surface area contributed by atoms with Crippen LogP contribution in [0.4, 0.5) is 13.2 Å². The van der Waals surface area contributed by atoms with Crippen molar-refractivity contribution >= 4 is 17.3 Å². The van der Waals surface area contributed by atoms with Gasteiger partial charge in [0, 0.05) is 31.5 Å². The van der Waals surface area contributed by atoms with E-state index < -0.39 is 11.9 Å². The standard InChI is InChI=1S/C17H27F3N4OS/c1-16(2,3)14-11(6-5-7-25-14)8-22-15(21-4)23-9-13-24-12(10-26-13)17(18,19)20/h10-11,14H,5-9H2,1-4H3,(H2,21,22,23). The van der Waals surface area contributed by atoms with Gasteiger partial charge in [0.05, 0.1) is 12.6 Å². The van der Waals surface area contributed by atoms with Crippen molar-refractivity contribution in [2.45, 2.75) is 52.4 Å². The predicted octanol–water partition coefficient (Wildman–Crippen LogP) is 3.67. The van der Waals surface area contributed by atoms with E-state index in [0.717, 1.165) is 36.2 Å². The van der Waals surface area contributed by atoms with Crippen LogP contribution in [0.2, 0.25) is 0 Å². The molecule has 9 heteroatoms. The highest BCUT2D eigenvalue weighted by molar-refractivity contribution is 7.09. The van der Waals surface area contributed by atoms with Crippen molar-refractivity contribution in [3.05, 3.63) is 16.1 Å². The van der Waals surface area contributed by atoms with Crippen molar-refractivity contribution in [2.75, 3.05) is 20.2 Å². The van der Waals surface area contributed by atoms with Gasteiger partial charge in [-0.15, -0.1) is 11.3 Å². The molecule has 26 heavy (non-hydrogen) atoms. The Morgan fingerprint density at radius 2 is 2.08 bits per heavy atom. The fourth-order valence-corrected chi connectivity index (χ4v) is 3.88. The average Bonchev–Trinajstić information content (AvgIpc) is 3.04. The molecular formula is C17H27F3N4OS. The molecule has 2 heterocycles. The van der Waals surface area contributed by atoms with Crippen LogP contribution < -0.4 is 10.6 Å². The predicted molar refractivity (Wildman–Crippen MR) is 97.2 cm³/mol. The van der Waals surface area contributed by atoms with Crippen LogP contribution in [0.5, 0.6) is 0 Å². The van der Waals surface area contributed by atoms with E-state index >= 15 is 0 Å². The summed E-state index contributed by atoms with van der Waals surface area (Å²) in [5, 5.41) is 7.68. The molecule has 0 radical (unpaired) electrons. The molecule has 2 atom stereocenters. The number of hydrogen-bond donors (Lipinski definition) is 2. The summed E-state index contributed by atoms with van der Waals surface area (Å²) in [6.45, 7) is 8.20. The van der Waals surface area contributed by atoms with Crippen molar-refractivity contribution in [1.29, 1.82) is 0 Å². The maximum absolute atomic E-state index is 12.6. The van der Waals surface area contributed by atoms with Crippen molar-refractivity contribution in [3.63, 3.8) is 0 Å². The lowest BCUT2D eigenvalue weighted by atomic mass is 9.78. The number of nitrogens with one attached hydrogen (secondary N) is 2. The molecule has 2 N–H and O–H groups in total. The fraction of sp³-hybridized carbons (Fsp3) is 0.765. The maximum atomic E-state index is 12.6. The quantitative estimate of drug-likeness (QED) is 0.606. The van der Waals surface area contributed by atoms with E-state index in [1.54, 1.807) is 7.05 Å². The smallest absolute Gasteiger partial charge is 0.377 e. The first-order valence-corrected chi connectivity index (χ1v) is 9.57. The van der Waals surface area contributed by atoms with Gasteiger partial charge in [0.1, 0.15) is 5.01 Å². The topological polar surface area (TPSA) is 58.5 Å². The van der Waals surface area contributed by atoms with E-state index in [2.05, 4.69) is 41.4 Å². The van der Waals surface area contributed by atoms with Crippen molar-refractivity contribution < 1.29 is 17.9 Å². The number of ether oxygens (including phenoxy) is 1. The summed E-state index contributed by atoms with van der Waals surface area (Å²) in [4.78, 5) is 7.75. The van der Waals surface area contributed by atoms with Crippen LogP contribution in [0.15, 0.2) is 10.4 Å². The minimum atomic E-state index is -4.41. The molecule has 2 unspecified atom stereocenters. The minimum absolute atomic E-state index is 0.0542. The third-order valence-corrected chi connectivity index (χ3v) is 5.15. The molecule has 5 nitrogen and oxygen atoms in total. The van der Waals surface area contributed by atoms with Crippen LogP contribution in [-0.2, 0) is 17.5 Å². The van der Waals surface area contributed by atoms with E-state index in [4.69, 9.17) is 4.74 Å². The van der Waals surface area contributed by atoms with Gasteiger partial charge in [-0.1, -0.05) is 20.8 Å². The van der Waals surface area contributed by atoms with E-state index in [9.17, 15) is 13.2 Å². The molecule has 2 rings (SSSR count). The van der Waals surface area contributed by atoms with Crippen LogP contribution in [0, 0.1) is 11.3 Å². The van der Waals surface area contributed by atoms with Gasteiger partial charge in [0.15, 0.2) is 11.7 Å². The highest BCUT2D eigenvalue weighted by Crippen LogP contribution is 2.33. The first kappa shape index (κ1) is 21.0. The number of thiazole rings is 1. The molecule has 0 saturated carbocycles. The Hall–Kier alpha value is -1.35. The summed E-state index contributed by atoms with van der Waals surface area (Å²) in [5.41, 5.74) is -0.798. The monoisotopic (exact) mass is 392 g/mol. The summed E-state index contributed by atoms with van der Waals surface area (Å²) < 4.78 is 43.8. The number of aliphatic imine (C=N–C) groups is 1. The van der Waals surface area contributed by atoms with E-state index in [1.807, 2.05) is 0 Å². The molecule has 1 aliphatic heterocycles. The molecule has 1 fully saturated rings. The number of hydrogen-bond acceptors (Lipinski definition) is 4. The summed E-state index contributed by atoms with van der Waals surface area (Å²) in [6.07, 6.45) is -2.13.